The Bertz CT molecular complexity index is 474. The second-order valence-electron chi connectivity index (χ2n) is 5.36. The fourth-order valence-electron chi connectivity index (χ4n) is 2.90. The van der Waals surface area contributed by atoms with Gasteiger partial charge in [-0.15, -0.1) is 0 Å². The van der Waals surface area contributed by atoms with Crippen molar-refractivity contribution in [1.82, 2.24) is 0 Å². The van der Waals surface area contributed by atoms with Gasteiger partial charge in [0.25, 0.3) is 0 Å². The lowest BCUT2D eigenvalue weighted by Gasteiger charge is -2.34. The third-order valence-electron chi connectivity index (χ3n) is 4.22. The number of halogens is 1. The Hall–Kier alpha value is -1.38. The molecule has 0 amide bonds. The van der Waals surface area contributed by atoms with Crippen LogP contribution in [0.5, 0.6) is 0 Å². The van der Waals surface area contributed by atoms with Crippen LogP contribution in [0.1, 0.15) is 48.8 Å². The molecule has 1 N–H and O–H groups in total. The van der Waals surface area contributed by atoms with Crippen LogP contribution in [0.2, 0.25) is 0 Å². The topological polar surface area (TPSA) is 37.3 Å². The molecule has 3 heteroatoms. The van der Waals surface area contributed by atoms with E-state index in [1.165, 1.54) is 6.07 Å². The SMILES string of the molecule is Cc1cc(F)c(C2(C(=O)O)CCCCC2)cc1C. The highest BCUT2D eigenvalue weighted by Gasteiger charge is 2.43. The molecule has 1 aliphatic rings. The van der Waals surface area contributed by atoms with Crippen LogP contribution in [0.3, 0.4) is 0 Å². The molecular formula is C15H19FO2. The molecule has 1 aromatic rings. The molecule has 0 radical (unpaired) electrons. The molecule has 0 bridgehead atoms. The molecule has 0 atom stereocenters. The largest absolute Gasteiger partial charge is 0.481 e. The summed E-state index contributed by atoms with van der Waals surface area (Å²) in [6.45, 7) is 3.74. The van der Waals surface area contributed by atoms with Gasteiger partial charge in [-0.05, 0) is 43.9 Å². The summed E-state index contributed by atoms with van der Waals surface area (Å²) in [7, 11) is 0. The normalized spacial score (nSPS) is 18.6. The van der Waals surface area contributed by atoms with Gasteiger partial charge in [-0.2, -0.15) is 0 Å². The minimum Gasteiger partial charge on any atom is -0.481 e. The number of carbonyl (C=O) groups is 1. The number of carboxylic acid groups (broad SMARTS) is 1. The number of hydrogen-bond acceptors (Lipinski definition) is 1. The maximum absolute atomic E-state index is 14.2. The van der Waals surface area contributed by atoms with Crippen molar-refractivity contribution in [1.29, 1.82) is 0 Å². The van der Waals surface area contributed by atoms with Gasteiger partial charge in [0.2, 0.25) is 0 Å². The summed E-state index contributed by atoms with van der Waals surface area (Å²) in [5.41, 5.74) is 1.18. The smallest absolute Gasteiger partial charge is 0.314 e. The van der Waals surface area contributed by atoms with Crippen LogP contribution in [0.4, 0.5) is 4.39 Å². The first-order valence-electron chi connectivity index (χ1n) is 6.48. The van der Waals surface area contributed by atoms with E-state index in [1.54, 1.807) is 6.07 Å². The summed E-state index contributed by atoms with van der Waals surface area (Å²) in [6, 6.07) is 3.19. The minimum atomic E-state index is -1.01. The Morgan fingerprint density at radius 3 is 2.28 bits per heavy atom. The van der Waals surface area contributed by atoms with Crippen molar-refractivity contribution >= 4 is 5.97 Å². The van der Waals surface area contributed by atoms with Crippen molar-refractivity contribution in [2.45, 2.75) is 51.4 Å². The molecule has 0 aliphatic heterocycles. The maximum atomic E-state index is 14.2. The molecule has 1 aromatic carbocycles. The Morgan fingerprint density at radius 2 is 1.72 bits per heavy atom. The van der Waals surface area contributed by atoms with Crippen molar-refractivity contribution in [3.05, 3.63) is 34.6 Å². The van der Waals surface area contributed by atoms with E-state index in [4.69, 9.17) is 0 Å². The number of aliphatic carboxylic acids is 1. The maximum Gasteiger partial charge on any atom is 0.314 e. The number of aryl methyl sites for hydroxylation is 2. The van der Waals surface area contributed by atoms with E-state index in [-0.39, 0.29) is 5.82 Å². The molecule has 98 valence electrons. The van der Waals surface area contributed by atoms with Crippen LogP contribution >= 0.6 is 0 Å². The molecular weight excluding hydrogens is 231 g/mol. The van der Waals surface area contributed by atoms with Crippen LogP contribution < -0.4 is 0 Å². The molecule has 0 spiro atoms. The molecule has 2 nitrogen and oxygen atoms in total. The van der Waals surface area contributed by atoms with Crippen LogP contribution in [0.25, 0.3) is 0 Å². The standard InChI is InChI=1S/C15H19FO2/c1-10-8-12(13(16)9-11(10)2)15(14(17)18)6-4-3-5-7-15/h8-9H,3-7H2,1-2H3,(H,17,18). The third kappa shape index (κ3) is 2.02. The second-order valence-corrected chi connectivity index (χ2v) is 5.36. The Morgan fingerprint density at radius 1 is 1.17 bits per heavy atom. The van der Waals surface area contributed by atoms with Crippen LogP contribution in [0, 0.1) is 19.7 Å². The highest BCUT2D eigenvalue weighted by molar-refractivity contribution is 5.81. The summed E-state index contributed by atoms with van der Waals surface area (Å²) in [5.74, 6) is -1.26. The van der Waals surface area contributed by atoms with Gasteiger partial charge in [-0.25, -0.2) is 4.39 Å². The lowest BCUT2D eigenvalue weighted by molar-refractivity contribution is -0.145. The number of benzene rings is 1. The second kappa shape index (κ2) is 4.71. The first-order valence-corrected chi connectivity index (χ1v) is 6.48. The third-order valence-corrected chi connectivity index (χ3v) is 4.22. The molecule has 0 saturated heterocycles. The van der Waals surface area contributed by atoms with E-state index < -0.39 is 11.4 Å². The average molecular weight is 250 g/mol. The first-order chi connectivity index (χ1) is 8.47. The van der Waals surface area contributed by atoms with Gasteiger partial charge in [-0.1, -0.05) is 25.3 Å². The predicted molar refractivity (Wildman–Crippen MR) is 68.3 cm³/mol. The van der Waals surface area contributed by atoms with Gasteiger partial charge >= 0.3 is 5.97 Å². The summed E-state index contributed by atoms with van der Waals surface area (Å²) < 4.78 is 14.2. The molecule has 0 unspecified atom stereocenters. The van der Waals surface area contributed by atoms with Gasteiger partial charge in [0.15, 0.2) is 0 Å². The predicted octanol–water partition coefficient (Wildman–Crippen LogP) is 3.73. The van der Waals surface area contributed by atoms with E-state index in [0.717, 1.165) is 30.4 Å². The van der Waals surface area contributed by atoms with E-state index in [0.29, 0.717) is 18.4 Å². The van der Waals surface area contributed by atoms with Crippen LogP contribution in [-0.2, 0) is 10.2 Å². The summed E-state index contributed by atoms with van der Waals surface area (Å²) >= 11 is 0. The van der Waals surface area contributed by atoms with Crippen LogP contribution in [-0.4, -0.2) is 11.1 Å². The van der Waals surface area contributed by atoms with Gasteiger partial charge in [0.1, 0.15) is 5.82 Å². The summed E-state index contributed by atoms with van der Waals surface area (Å²) in [5, 5.41) is 9.56. The van der Waals surface area contributed by atoms with Crippen molar-refractivity contribution in [3.63, 3.8) is 0 Å². The Balaban J connectivity index is 2.55. The zero-order valence-corrected chi connectivity index (χ0v) is 10.9. The van der Waals surface area contributed by atoms with Crippen LogP contribution in [0.15, 0.2) is 12.1 Å². The van der Waals surface area contributed by atoms with Gasteiger partial charge < -0.3 is 5.11 Å². The number of hydrogen-bond donors (Lipinski definition) is 1. The molecule has 18 heavy (non-hydrogen) atoms. The van der Waals surface area contributed by atoms with Crippen molar-refractivity contribution < 1.29 is 14.3 Å². The molecule has 2 rings (SSSR count). The van der Waals surface area contributed by atoms with Gasteiger partial charge in [0.05, 0.1) is 5.41 Å². The lowest BCUT2D eigenvalue weighted by Crippen LogP contribution is -2.38. The monoisotopic (exact) mass is 250 g/mol. The first kappa shape index (κ1) is 13.1. The lowest BCUT2D eigenvalue weighted by atomic mass is 9.69. The fourth-order valence-corrected chi connectivity index (χ4v) is 2.90. The van der Waals surface area contributed by atoms with E-state index in [1.807, 2.05) is 13.8 Å². The zero-order chi connectivity index (χ0) is 13.3. The summed E-state index contributed by atoms with van der Waals surface area (Å²) in [4.78, 5) is 11.7. The van der Waals surface area contributed by atoms with Gasteiger partial charge in [-0.3, -0.25) is 4.79 Å². The molecule has 1 fully saturated rings. The summed E-state index contributed by atoms with van der Waals surface area (Å²) in [6.07, 6.45) is 3.85. The van der Waals surface area contributed by atoms with E-state index >= 15 is 0 Å². The van der Waals surface area contributed by atoms with E-state index in [2.05, 4.69) is 0 Å². The zero-order valence-electron chi connectivity index (χ0n) is 10.9. The highest BCUT2D eigenvalue weighted by atomic mass is 19.1. The minimum absolute atomic E-state index is 0.373. The molecule has 1 saturated carbocycles. The Labute approximate surface area is 107 Å². The Kier molecular flexibility index (Phi) is 3.42. The van der Waals surface area contributed by atoms with Crippen molar-refractivity contribution in [3.8, 4) is 0 Å². The van der Waals surface area contributed by atoms with Crippen molar-refractivity contribution in [2.75, 3.05) is 0 Å². The quantitative estimate of drug-likeness (QED) is 0.868. The fraction of sp³-hybridized carbons (Fsp3) is 0.533. The molecule has 0 heterocycles. The van der Waals surface area contributed by atoms with Gasteiger partial charge in [0, 0.05) is 5.56 Å². The molecule has 1 aliphatic carbocycles. The number of rotatable bonds is 2. The van der Waals surface area contributed by atoms with E-state index in [9.17, 15) is 14.3 Å². The number of carboxylic acids is 1. The average Bonchev–Trinajstić information content (AvgIpc) is 2.34. The highest BCUT2D eigenvalue weighted by Crippen LogP contribution is 2.41. The van der Waals surface area contributed by atoms with Crippen molar-refractivity contribution in [2.24, 2.45) is 0 Å². The molecule has 0 aromatic heterocycles.